The molecule has 1 aromatic heterocycles. The lowest BCUT2D eigenvalue weighted by Crippen LogP contribution is -2.30. The molecule has 6 nitrogen and oxygen atoms in total. The van der Waals surface area contributed by atoms with E-state index in [1.54, 1.807) is 24.3 Å². The zero-order valence-electron chi connectivity index (χ0n) is 16.3. The summed E-state index contributed by atoms with van der Waals surface area (Å²) in [6, 6.07) is 16.1. The van der Waals surface area contributed by atoms with Crippen LogP contribution in [0.3, 0.4) is 0 Å². The van der Waals surface area contributed by atoms with Crippen molar-refractivity contribution in [1.82, 2.24) is 15.1 Å². The van der Waals surface area contributed by atoms with Crippen LogP contribution in [0.4, 0.5) is 5.69 Å². The number of aromatic nitrogens is 2. The van der Waals surface area contributed by atoms with Crippen LogP contribution in [0.5, 0.6) is 0 Å². The molecular weight excluding hydrogens is 384 g/mol. The van der Waals surface area contributed by atoms with Crippen LogP contribution < -0.4 is 10.2 Å². The van der Waals surface area contributed by atoms with Gasteiger partial charge in [-0.05, 0) is 69.4 Å². The topological polar surface area (TPSA) is 67.2 Å². The number of amides is 1. The molecule has 1 aliphatic heterocycles. The molecule has 0 unspecified atom stereocenters. The quantitative estimate of drug-likeness (QED) is 0.531. The number of para-hydroxylation sites is 1. The lowest BCUT2D eigenvalue weighted by atomic mass is 10.0. The van der Waals surface area contributed by atoms with Crippen molar-refractivity contribution in [3.8, 4) is 5.69 Å². The van der Waals surface area contributed by atoms with Crippen LogP contribution in [0.25, 0.3) is 5.69 Å². The van der Waals surface area contributed by atoms with E-state index >= 15 is 0 Å². The molecule has 0 spiro atoms. The molecule has 1 N–H and O–H groups in total. The van der Waals surface area contributed by atoms with E-state index in [1.807, 2.05) is 48.9 Å². The first kappa shape index (κ1) is 19.0. The average Bonchev–Trinajstić information content (AvgIpc) is 3.17. The van der Waals surface area contributed by atoms with Gasteiger partial charge in [0.15, 0.2) is 10.9 Å². The third-order valence-electron chi connectivity index (χ3n) is 5.11. The molecule has 2 aromatic carbocycles. The van der Waals surface area contributed by atoms with Crippen LogP contribution in [0.2, 0.25) is 0 Å². The highest BCUT2D eigenvalue weighted by molar-refractivity contribution is 7.80. The number of nitrogens with zero attached hydrogens (tertiary/aromatic N) is 3. The van der Waals surface area contributed by atoms with E-state index in [9.17, 15) is 9.59 Å². The van der Waals surface area contributed by atoms with Crippen LogP contribution >= 0.6 is 12.2 Å². The van der Waals surface area contributed by atoms with E-state index in [1.165, 1.54) is 11.8 Å². The number of anilines is 1. The second kappa shape index (κ2) is 7.25. The molecule has 146 valence electrons. The van der Waals surface area contributed by atoms with Crippen molar-refractivity contribution in [1.29, 1.82) is 0 Å². The van der Waals surface area contributed by atoms with E-state index < -0.39 is 6.04 Å². The number of carbonyl (C=O) groups is 2. The van der Waals surface area contributed by atoms with Crippen molar-refractivity contribution >= 4 is 34.7 Å². The molecule has 1 fully saturated rings. The van der Waals surface area contributed by atoms with Gasteiger partial charge in [0.2, 0.25) is 0 Å². The highest BCUT2D eigenvalue weighted by Crippen LogP contribution is 2.31. The van der Waals surface area contributed by atoms with E-state index in [0.29, 0.717) is 16.4 Å². The van der Waals surface area contributed by atoms with Gasteiger partial charge in [-0.3, -0.25) is 14.5 Å². The number of hydrogen-bond acceptors (Lipinski definition) is 4. The molecule has 0 bridgehead atoms. The molecule has 1 amide bonds. The van der Waals surface area contributed by atoms with Crippen LogP contribution in [0, 0.1) is 13.8 Å². The lowest BCUT2D eigenvalue weighted by molar-refractivity contribution is -0.118. The third kappa shape index (κ3) is 3.23. The van der Waals surface area contributed by atoms with Gasteiger partial charge in [0.1, 0.15) is 6.04 Å². The average molecular weight is 404 g/mol. The van der Waals surface area contributed by atoms with Crippen molar-refractivity contribution in [3.63, 3.8) is 0 Å². The molecule has 4 rings (SSSR count). The minimum Gasteiger partial charge on any atom is -0.346 e. The van der Waals surface area contributed by atoms with Crippen LogP contribution in [0.15, 0.2) is 54.6 Å². The normalized spacial score (nSPS) is 16.2. The number of thiocarbonyl (C=S) groups is 1. The number of nitrogens with one attached hydrogen (secondary N) is 1. The minimum atomic E-state index is -0.604. The summed E-state index contributed by atoms with van der Waals surface area (Å²) in [5, 5.41) is 8.11. The summed E-state index contributed by atoms with van der Waals surface area (Å²) in [6.07, 6.45) is 0. The molecule has 2 heterocycles. The first-order chi connectivity index (χ1) is 13.9. The molecular formula is C22H20N4O2S. The summed E-state index contributed by atoms with van der Waals surface area (Å²) in [6.45, 7) is 5.35. The van der Waals surface area contributed by atoms with E-state index in [0.717, 1.165) is 22.6 Å². The van der Waals surface area contributed by atoms with Gasteiger partial charge in [-0.15, -0.1) is 0 Å². The number of aryl methyl sites for hydroxylation is 1. The zero-order chi connectivity index (χ0) is 20.7. The maximum Gasteiger partial charge on any atom is 0.260 e. The van der Waals surface area contributed by atoms with Gasteiger partial charge in [0.05, 0.1) is 17.1 Å². The molecule has 7 heteroatoms. The SMILES string of the molecule is CC(=O)c1ccc(N2C(=O)[C@@H](c3c(C)nn(-c4ccccc4)c3C)NC2=S)cc1. The predicted octanol–water partition coefficient (Wildman–Crippen LogP) is 3.65. The Hall–Kier alpha value is -3.32. The standard InChI is InChI=1S/C22H20N4O2S/c1-13-19(14(2)26(24-13)18-7-5-4-6-8-18)20-21(28)25(22(29)23-20)17-11-9-16(10-12-17)15(3)27/h4-12,20H,1-3H3,(H,23,29)/t20-/m1/s1. The molecule has 1 atom stereocenters. The van der Waals surface area contributed by atoms with Gasteiger partial charge < -0.3 is 5.32 Å². The molecule has 1 aliphatic rings. The number of rotatable bonds is 4. The highest BCUT2D eigenvalue weighted by atomic mass is 32.1. The first-order valence-corrected chi connectivity index (χ1v) is 9.66. The van der Waals surface area contributed by atoms with Crippen molar-refractivity contribution in [3.05, 3.63) is 77.1 Å². The Bertz CT molecular complexity index is 1120. The first-order valence-electron chi connectivity index (χ1n) is 9.25. The molecule has 3 aromatic rings. The Kier molecular flexibility index (Phi) is 4.76. The Morgan fingerprint density at radius 1 is 1.03 bits per heavy atom. The largest absolute Gasteiger partial charge is 0.346 e. The number of benzene rings is 2. The van der Waals surface area contributed by atoms with Crippen LogP contribution in [-0.2, 0) is 4.79 Å². The Balaban J connectivity index is 1.69. The minimum absolute atomic E-state index is 0.0255. The van der Waals surface area contributed by atoms with Crippen molar-refractivity contribution in [2.24, 2.45) is 0 Å². The summed E-state index contributed by atoms with van der Waals surface area (Å²) in [5.74, 6) is -0.188. The molecule has 0 radical (unpaired) electrons. The van der Waals surface area contributed by atoms with Gasteiger partial charge in [-0.25, -0.2) is 4.68 Å². The summed E-state index contributed by atoms with van der Waals surface area (Å²) in [4.78, 5) is 26.2. The molecule has 0 aliphatic carbocycles. The molecule has 0 saturated carbocycles. The smallest absolute Gasteiger partial charge is 0.260 e. The number of Topliss-reactive ketones (excluding diaryl/α,β-unsaturated/α-hetero) is 1. The maximum atomic E-state index is 13.3. The third-order valence-corrected chi connectivity index (χ3v) is 5.41. The van der Waals surface area contributed by atoms with Gasteiger partial charge in [-0.2, -0.15) is 5.10 Å². The van der Waals surface area contributed by atoms with Crippen molar-refractivity contribution < 1.29 is 9.59 Å². The fourth-order valence-corrected chi connectivity index (χ4v) is 3.97. The van der Waals surface area contributed by atoms with E-state index in [4.69, 9.17) is 12.2 Å². The second-order valence-corrected chi connectivity index (χ2v) is 7.38. The Morgan fingerprint density at radius 2 is 1.69 bits per heavy atom. The molecule has 1 saturated heterocycles. The van der Waals surface area contributed by atoms with Crippen LogP contribution in [-0.4, -0.2) is 26.6 Å². The lowest BCUT2D eigenvalue weighted by Gasteiger charge is -2.15. The predicted molar refractivity (Wildman–Crippen MR) is 115 cm³/mol. The number of ketones is 1. The van der Waals surface area contributed by atoms with E-state index in [-0.39, 0.29) is 11.7 Å². The summed E-state index contributed by atoms with van der Waals surface area (Å²) < 4.78 is 1.84. The monoisotopic (exact) mass is 404 g/mol. The maximum absolute atomic E-state index is 13.3. The second-order valence-electron chi connectivity index (χ2n) is 6.99. The van der Waals surface area contributed by atoms with Crippen LogP contribution in [0.1, 0.15) is 40.3 Å². The van der Waals surface area contributed by atoms with E-state index in [2.05, 4.69) is 10.4 Å². The summed E-state index contributed by atoms with van der Waals surface area (Å²) >= 11 is 5.45. The fraction of sp³-hybridized carbons (Fsp3) is 0.182. The summed E-state index contributed by atoms with van der Waals surface area (Å²) in [5.41, 5.74) is 4.63. The Labute approximate surface area is 174 Å². The number of hydrogen-bond donors (Lipinski definition) is 1. The molecule has 29 heavy (non-hydrogen) atoms. The van der Waals surface area contributed by atoms with Gasteiger partial charge in [0, 0.05) is 16.8 Å². The Morgan fingerprint density at radius 3 is 2.31 bits per heavy atom. The van der Waals surface area contributed by atoms with Crippen molar-refractivity contribution in [2.75, 3.05) is 4.90 Å². The zero-order valence-corrected chi connectivity index (χ0v) is 17.2. The van der Waals surface area contributed by atoms with Gasteiger partial charge >= 0.3 is 0 Å². The van der Waals surface area contributed by atoms with Gasteiger partial charge in [0.25, 0.3) is 5.91 Å². The number of carbonyl (C=O) groups excluding carboxylic acids is 2. The van der Waals surface area contributed by atoms with Gasteiger partial charge in [-0.1, -0.05) is 18.2 Å². The summed E-state index contributed by atoms with van der Waals surface area (Å²) in [7, 11) is 0. The highest BCUT2D eigenvalue weighted by Gasteiger charge is 2.40. The van der Waals surface area contributed by atoms with Crippen molar-refractivity contribution in [2.45, 2.75) is 26.8 Å². The fourth-order valence-electron chi connectivity index (χ4n) is 3.66.